The molecule has 1 N–H and O–H groups in total. The van der Waals surface area contributed by atoms with Crippen LogP contribution in [-0.2, 0) is 15.1 Å². The first-order valence-electron chi connectivity index (χ1n) is 15.7. The van der Waals surface area contributed by atoms with Crippen LogP contribution in [0.1, 0.15) is 66.8 Å². The average molecular weight is 665 g/mol. The first-order valence-corrected chi connectivity index (χ1v) is 17.0. The van der Waals surface area contributed by atoms with Crippen LogP contribution in [0.5, 0.6) is 0 Å². The highest BCUT2D eigenvalue weighted by atomic mass is 35.5. The zero-order chi connectivity index (χ0) is 31.6. The molecule has 0 spiro atoms. The molecule has 4 nitrogen and oxygen atoms in total. The van der Waals surface area contributed by atoms with E-state index in [0.717, 1.165) is 42.4 Å². The number of alkyl halides is 1. The number of nitrogens with zero attached hydrogens (tertiary/aromatic N) is 1. The molecule has 236 valence electrons. The Kier molecular flexibility index (Phi) is 12.0. The molecule has 4 aromatic rings. The molecule has 1 unspecified atom stereocenters. The van der Waals surface area contributed by atoms with Crippen LogP contribution in [0.15, 0.2) is 109 Å². The van der Waals surface area contributed by atoms with Gasteiger partial charge in [0.25, 0.3) is 0 Å². The molecule has 1 saturated carbocycles. The second kappa shape index (κ2) is 16.1. The van der Waals surface area contributed by atoms with Gasteiger partial charge in [0.15, 0.2) is 0 Å². The summed E-state index contributed by atoms with van der Waals surface area (Å²) in [5, 5.41) is 12.8. The molecule has 0 bridgehead atoms. The maximum absolute atomic E-state index is 13.4. The van der Waals surface area contributed by atoms with Gasteiger partial charge in [-0.15, -0.1) is 11.6 Å². The van der Waals surface area contributed by atoms with E-state index in [0.29, 0.717) is 28.1 Å². The van der Waals surface area contributed by atoms with E-state index in [1.807, 2.05) is 60.7 Å². The number of halogens is 3. The summed E-state index contributed by atoms with van der Waals surface area (Å²) in [6, 6.07) is 35.1. The number of rotatable bonds is 13. The van der Waals surface area contributed by atoms with Crippen LogP contribution < -0.4 is 0 Å². The Labute approximate surface area is 281 Å². The minimum atomic E-state index is -0.960. The highest BCUT2D eigenvalue weighted by Crippen LogP contribution is 2.41. The van der Waals surface area contributed by atoms with Gasteiger partial charge in [-0.3, -0.25) is 4.79 Å². The van der Waals surface area contributed by atoms with Crippen molar-refractivity contribution in [3.63, 3.8) is 0 Å². The molecule has 7 heteroatoms. The van der Waals surface area contributed by atoms with E-state index in [9.17, 15) is 9.90 Å². The van der Waals surface area contributed by atoms with Crippen molar-refractivity contribution in [2.24, 2.45) is 5.92 Å². The molecule has 0 radical (unpaired) electrons. The number of benzene rings is 4. The Hall–Kier alpha value is -2.86. The van der Waals surface area contributed by atoms with E-state index in [4.69, 9.17) is 39.5 Å². The first-order chi connectivity index (χ1) is 21.9. The Morgan fingerprint density at radius 1 is 0.800 bits per heavy atom. The van der Waals surface area contributed by atoms with Gasteiger partial charge in [-0.1, -0.05) is 140 Å². The summed E-state index contributed by atoms with van der Waals surface area (Å²) in [5.41, 5.74) is 2.74. The topological polar surface area (TPSA) is 49.8 Å². The third-order valence-corrected chi connectivity index (χ3v) is 9.84. The van der Waals surface area contributed by atoms with Gasteiger partial charge in [-0.05, 0) is 59.6 Å². The first kappa shape index (κ1) is 33.5. The fourth-order valence-electron chi connectivity index (χ4n) is 6.66. The van der Waals surface area contributed by atoms with Crippen molar-refractivity contribution in [3.8, 4) is 0 Å². The second-order valence-electron chi connectivity index (χ2n) is 11.8. The summed E-state index contributed by atoms with van der Waals surface area (Å²) in [6.07, 6.45) is 4.89. The van der Waals surface area contributed by atoms with Gasteiger partial charge < -0.3 is 14.7 Å². The van der Waals surface area contributed by atoms with Crippen molar-refractivity contribution in [1.29, 1.82) is 0 Å². The molecule has 1 aliphatic rings. The third kappa shape index (κ3) is 7.93. The number of ether oxygens (including phenoxy) is 1. The number of carbonyl (C=O) groups excluding carboxylic acids is 1. The molecule has 0 aliphatic heterocycles. The quantitative estimate of drug-likeness (QED) is 0.114. The molecule has 45 heavy (non-hydrogen) atoms. The molecule has 1 aliphatic carbocycles. The molecule has 5 rings (SSSR count). The normalized spacial score (nSPS) is 15.4. The lowest BCUT2D eigenvalue weighted by molar-refractivity contribution is -0.135. The zero-order valence-corrected chi connectivity index (χ0v) is 27.6. The minimum absolute atomic E-state index is 0.174. The van der Waals surface area contributed by atoms with Crippen molar-refractivity contribution < 1.29 is 14.6 Å². The van der Waals surface area contributed by atoms with Crippen molar-refractivity contribution in [3.05, 3.63) is 141 Å². The van der Waals surface area contributed by atoms with Gasteiger partial charge in [-0.25, -0.2) is 0 Å². The Bertz CT molecular complexity index is 1400. The van der Waals surface area contributed by atoms with Crippen molar-refractivity contribution in [1.82, 2.24) is 4.90 Å². The standard InChI is InChI=1S/C38H40Cl3NO3/c39-26-36(44)42(27-28-13-5-1-6-14-28)37(29-21-22-33(40)34(41)25-29)35(43)23-24-45-38(30-15-7-2-8-16-30,31-17-9-3-10-18-31)32-19-11-4-12-20-32/h2-4,7-12,15-22,25,28,35,37,43H,1,5-6,13-14,23-24,26-27H2/t35-,37?/m1/s1. The van der Waals surface area contributed by atoms with E-state index in [-0.39, 0.29) is 24.8 Å². The maximum atomic E-state index is 13.4. The van der Waals surface area contributed by atoms with Gasteiger partial charge in [0, 0.05) is 6.54 Å². The van der Waals surface area contributed by atoms with E-state index in [2.05, 4.69) is 36.4 Å². The van der Waals surface area contributed by atoms with Crippen molar-refractivity contribution in [2.75, 3.05) is 19.0 Å². The molecule has 0 heterocycles. The van der Waals surface area contributed by atoms with Crippen LogP contribution in [0.3, 0.4) is 0 Å². The molecule has 1 fully saturated rings. The smallest absolute Gasteiger partial charge is 0.238 e. The van der Waals surface area contributed by atoms with Crippen LogP contribution >= 0.6 is 34.8 Å². The summed E-state index contributed by atoms with van der Waals surface area (Å²) in [7, 11) is 0. The summed E-state index contributed by atoms with van der Waals surface area (Å²) >= 11 is 18.9. The predicted molar refractivity (Wildman–Crippen MR) is 184 cm³/mol. The number of hydrogen-bond donors (Lipinski definition) is 1. The summed E-state index contributed by atoms with van der Waals surface area (Å²) in [5.74, 6) is -0.0422. The van der Waals surface area contributed by atoms with Gasteiger partial charge in [0.05, 0.1) is 28.8 Å². The van der Waals surface area contributed by atoms with Crippen LogP contribution in [0.25, 0.3) is 0 Å². The molecule has 2 atom stereocenters. The van der Waals surface area contributed by atoms with E-state index in [1.165, 1.54) is 6.42 Å². The van der Waals surface area contributed by atoms with Gasteiger partial charge in [-0.2, -0.15) is 0 Å². The summed E-state index contributed by atoms with van der Waals surface area (Å²) in [6.45, 7) is 0.736. The highest BCUT2D eigenvalue weighted by Gasteiger charge is 2.39. The number of aliphatic hydroxyl groups is 1. The number of hydrogen-bond acceptors (Lipinski definition) is 3. The van der Waals surface area contributed by atoms with Gasteiger partial charge >= 0.3 is 0 Å². The molecular formula is C38H40Cl3NO3. The minimum Gasteiger partial charge on any atom is -0.391 e. The second-order valence-corrected chi connectivity index (χ2v) is 12.9. The van der Waals surface area contributed by atoms with Crippen LogP contribution in [-0.4, -0.2) is 41.0 Å². The fourth-order valence-corrected chi connectivity index (χ4v) is 7.12. The number of carbonyl (C=O) groups is 1. The summed E-state index contributed by atoms with van der Waals surface area (Å²) in [4.78, 5) is 15.2. The lowest BCUT2D eigenvalue weighted by Crippen LogP contribution is -2.45. The molecule has 4 aromatic carbocycles. The Morgan fingerprint density at radius 2 is 1.33 bits per heavy atom. The van der Waals surface area contributed by atoms with Crippen LogP contribution in [0.2, 0.25) is 10.0 Å². The average Bonchev–Trinajstić information content (AvgIpc) is 3.09. The SMILES string of the molecule is O=C(CCl)N(CC1CCCCC1)C(c1ccc(Cl)c(Cl)c1)[C@H](O)CCOC(c1ccccc1)(c1ccccc1)c1ccccc1. The maximum Gasteiger partial charge on any atom is 0.238 e. The van der Waals surface area contributed by atoms with Crippen molar-refractivity contribution in [2.45, 2.75) is 56.3 Å². The number of amides is 1. The molecule has 0 saturated heterocycles. The van der Waals surface area contributed by atoms with Gasteiger partial charge in [0.1, 0.15) is 11.5 Å². The van der Waals surface area contributed by atoms with Crippen molar-refractivity contribution >= 4 is 40.7 Å². The molecule has 0 aromatic heterocycles. The number of aliphatic hydroxyl groups excluding tert-OH is 1. The third-order valence-electron chi connectivity index (χ3n) is 8.87. The van der Waals surface area contributed by atoms with E-state index >= 15 is 0 Å². The predicted octanol–water partition coefficient (Wildman–Crippen LogP) is 9.44. The van der Waals surface area contributed by atoms with E-state index < -0.39 is 17.7 Å². The lowest BCUT2D eigenvalue weighted by Gasteiger charge is -2.39. The van der Waals surface area contributed by atoms with Gasteiger partial charge in [0.2, 0.25) is 5.91 Å². The van der Waals surface area contributed by atoms with Crippen LogP contribution in [0.4, 0.5) is 0 Å². The zero-order valence-electron chi connectivity index (χ0n) is 25.3. The van der Waals surface area contributed by atoms with E-state index in [1.54, 1.807) is 17.0 Å². The lowest BCUT2D eigenvalue weighted by atomic mass is 9.80. The Balaban J connectivity index is 1.49. The highest BCUT2D eigenvalue weighted by molar-refractivity contribution is 6.42. The summed E-state index contributed by atoms with van der Waals surface area (Å²) < 4.78 is 6.97. The van der Waals surface area contributed by atoms with Crippen LogP contribution in [0, 0.1) is 5.92 Å². The fraction of sp³-hybridized carbons (Fsp3) is 0.342. The molecular weight excluding hydrogens is 625 g/mol. The largest absolute Gasteiger partial charge is 0.391 e. The monoisotopic (exact) mass is 663 g/mol. The Morgan fingerprint density at radius 3 is 1.82 bits per heavy atom. The molecule has 1 amide bonds.